The van der Waals surface area contributed by atoms with Gasteiger partial charge in [0.25, 0.3) is 0 Å². The van der Waals surface area contributed by atoms with Crippen molar-refractivity contribution in [2.24, 2.45) is 23.7 Å². The third-order valence-electron chi connectivity index (χ3n) is 11.2. The zero-order chi connectivity index (χ0) is 34.7. The van der Waals surface area contributed by atoms with E-state index in [2.05, 4.69) is 0 Å². The Bertz CT molecular complexity index is 2060. The van der Waals surface area contributed by atoms with Crippen molar-refractivity contribution in [2.45, 2.75) is 30.7 Å². The SMILES string of the molecule is COc1cc([C@H]2C3=CC[C@@H]4C(=O)N(Cc5cccs5)C(=O)[C@@H]4[C@@H]3C[C@H]3C(=O)C(c4ccccc4)=CC(=O)[C@@]23c2ccccc2)cc(OC)c1O. The van der Waals surface area contributed by atoms with Crippen molar-refractivity contribution in [2.75, 3.05) is 14.2 Å². The number of thiophene rings is 1. The predicted molar refractivity (Wildman–Crippen MR) is 188 cm³/mol. The number of amides is 2. The molecule has 6 atom stereocenters. The van der Waals surface area contributed by atoms with Gasteiger partial charge in [-0.2, -0.15) is 0 Å². The summed E-state index contributed by atoms with van der Waals surface area (Å²) in [5.41, 5.74) is 1.69. The molecule has 4 aliphatic rings. The minimum absolute atomic E-state index is 0.153. The molecular weight excluding hydrogens is 651 g/mol. The van der Waals surface area contributed by atoms with E-state index in [1.807, 2.05) is 84.3 Å². The van der Waals surface area contributed by atoms with Crippen molar-refractivity contribution < 1.29 is 33.8 Å². The largest absolute Gasteiger partial charge is 0.502 e. The summed E-state index contributed by atoms with van der Waals surface area (Å²) in [6.45, 7) is 0.204. The van der Waals surface area contributed by atoms with Crippen molar-refractivity contribution in [3.8, 4) is 17.2 Å². The molecule has 4 aromatic rings. The van der Waals surface area contributed by atoms with Gasteiger partial charge in [-0.3, -0.25) is 24.1 Å². The summed E-state index contributed by atoms with van der Waals surface area (Å²) < 4.78 is 11.2. The predicted octanol–water partition coefficient (Wildman–Crippen LogP) is 6.50. The number of phenolic OH excluding ortho intramolecular Hbond substituents is 1. The van der Waals surface area contributed by atoms with Crippen molar-refractivity contribution in [1.82, 2.24) is 4.90 Å². The summed E-state index contributed by atoms with van der Waals surface area (Å²) in [6, 6.07) is 25.8. The number of hydrogen-bond donors (Lipinski definition) is 1. The van der Waals surface area contributed by atoms with E-state index in [1.54, 1.807) is 12.1 Å². The van der Waals surface area contributed by atoms with E-state index < -0.39 is 35.0 Å². The zero-order valence-electron chi connectivity index (χ0n) is 27.6. The number of allylic oxidation sites excluding steroid dienone is 4. The molecule has 3 aliphatic carbocycles. The number of methoxy groups -OCH3 is 2. The third kappa shape index (κ3) is 4.63. The highest BCUT2D eigenvalue weighted by atomic mass is 32.1. The van der Waals surface area contributed by atoms with Crippen molar-refractivity contribution in [1.29, 1.82) is 0 Å². The van der Waals surface area contributed by atoms with Gasteiger partial charge in [-0.05, 0) is 65.1 Å². The second kappa shape index (κ2) is 12.2. The molecule has 0 radical (unpaired) electrons. The molecule has 1 aromatic heterocycles. The first-order valence-corrected chi connectivity index (χ1v) is 17.6. The molecule has 8 nitrogen and oxygen atoms in total. The molecule has 2 heterocycles. The lowest BCUT2D eigenvalue weighted by molar-refractivity contribution is -0.141. The van der Waals surface area contributed by atoms with Crippen LogP contribution in [-0.4, -0.2) is 47.6 Å². The summed E-state index contributed by atoms with van der Waals surface area (Å²) in [4.78, 5) is 60.9. The number of phenols is 1. The second-order valence-electron chi connectivity index (χ2n) is 13.4. The first kappa shape index (κ1) is 32.0. The van der Waals surface area contributed by atoms with Crippen molar-refractivity contribution in [3.05, 3.63) is 130 Å². The number of ether oxygens (including phenoxy) is 2. The van der Waals surface area contributed by atoms with Crippen LogP contribution in [0, 0.1) is 23.7 Å². The van der Waals surface area contributed by atoms with E-state index in [-0.39, 0.29) is 53.6 Å². The van der Waals surface area contributed by atoms with Crippen LogP contribution in [-0.2, 0) is 31.1 Å². The van der Waals surface area contributed by atoms with Gasteiger partial charge < -0.3 is 14.6 Å². The number of nitrogens with zero attached hydrogens (tertiary/aromatic N) is 1. The summed E-state index contributed by atoms with van der Waals surface area (Å²) in [6.07, 6.45) is 4.05. The monoisotopic (exact) mass is 685 g/mol. The first-order chi connectivity index (χ1) is 24.3. The Morgan fingerprint density at radius 2 is 1.54 bits per heavy atom. The maximum atomic E-state index is 15.2. The van der Waals surface area contributed by atoms with Crippen molar-refractivity contribution in [3.63, 3.8) is 0 Å². The molecule has 1 saturated carbocycles. The highest BCUT2D eigenvalue weighted by Gasteiger charge is 2.66. The topological polar surface area (TPSA) is 110 Å². The number of carbonyl (C=O) groups excluding carboxylic acids is 4. The Balaban J connectivity index is 1.37. The van der Waals surface area contributed by atoms with Crippen LogP contribution in [0.1, 0.15) is 40.3 Å². The van der Waals surface area contributed by atoms with Crippen LogP contribution >= 0.6 is 11.3 Å². The van der Waals surface area contributed by atoms with Gasteiger partial charge >= 0.3 is 0 Å². The fourth-order valence-corrected chi connectivity index (χ4v) is 9.80. The number of imide groups is 1. The van der Waals surface area contributed by atoms with Crippen LogP contribution in [0.3, 0.4) is 0 Å². The average molecular weight is 686 g/mol. The second-order valence-corrected chi connectivity index (χ2v) is 14.4. The number of aromatic hydroxyl groups is 1. The number of ketones is 2. The number of hydrogen-bond acceptors (Lipinski definition) is 8. The molecule has 2 fully saturated rings. The lowest BCUT2D eigenvalue weighted by Gasteiger charge is -2.55. The highest BCUT2D eigenvalue weighted by molar-refractivity contribution is 7.09. The van der Waals surface area contributed by atoms with Crippen LogP contribution < -0.4 is 9.47 Å². The number of likely N-dealkylation sites (tertiary alicyclic amines) is 1. The lowest BCUT2D eigenvalue weighted by Crippen LogP contribution is -2.58. The maximum Gasteiger partial charge on any atom is 0.234 e. The van der Waals surface area contributed by atoms with E-state index in [9.17, 15) is 14.7 Å². The zero-order valence-corrected chi connectivity index (χ0v) is 28.4. The molecule has 1 aliphatic heterocycles. The quantitative estimate of drug-likeness (QED) is 0.175. The fraction of sp³-hybridized carbons (Fsp3) is 0.268. The molecule has 9 heteroatoms. The van der Waals surface area contributed by atoms with Crippen LogP contribution in [0.15, 0.2) is 108 Å². The number of Topliss-reactive ketones (excluding diaryl/α,β-unsaturated/α-hetero) is 1. The Labute approximate surface area is 293 Å². The van der Waals surface area contributed by atoms with E-state index in [0.29, 0.717) is 28.7 Å². The molecule has 3 aromatic carbocycles. The Morgan fingerprint density at radius 1 is 0.860 bits per heavy atom. The van der Waals surface area contributed by atoms with Gasteiger partial charge in [0.15, 0.2) is 23.1 Å². The first-order valence-electron chi connectivity index (χ1n) is 16.7. The van der Waals surface area contributed by atoms with Gasteiger partial charge in [0.05, 0.1) is 38.0 Å². The minimum atomic E-state index is -1.40. The molecule has 0 bridgehead atoms. The van der Waals surface area contributed by atoms with E-state index in [4.69, 9.17) is 9.47 Å². The summed E-state index contributed by atoms with van der Waals surface area (Å²) in [5, 5.41) is 12.9. The number of benzene rings is 3. The Hall–Kier alpha value is -5.28. The Morgan fingerprint density at radius 3 is 2.18 bits per heavy atom. The van der Waals surface area contributed by atoms with Crippen LogP contribution in [0.5, 0.6) is 17.2 Å². The standard InChI is InChI=1S/C41H35NO7S/c1-48-32-18-24(19-33(49-2)38(32)45)36-27-15-16-28-35(40(47)42(39(28)46)22-26-14-9-17-50-26)30(27)20-31-37(44)29(23-10-5-3-6-11-23)21-34(43)41(31,36)25-12-7-4-8-13-25/h3-15,17-19,21,28,30-31,35-36,45H,16,20,22H2,1-2H3/t28-,30+,31-,35-,36-,41-/m0/s1. The third-order valence-corrected chi connectivity index (χ3v) is 12.1. The van der Waals surface area contributed by atoms with Gasteiger partial charge in [-0.25, -0.2) is 0 Å². The molecule has 1 saturated heterocycles. The highest BCUT2D eigenvalue weighted by Crippen LogP contribution is 2.64. The van der Waals surface area contributed by atoms with Crippen LogP contribution in [0.4, 0.5) is 0 Å². The molecule has 2 amide bonds. The summed E-state index contributed by atoms with van der Waals surface area (Å²) in [5.74, 6) is -4.12. The smallest absolute Gasteiger partial charge is 0.234 e. The summed E-state index contributed by atoms with van der Waals surface area (Å²) >= 11 is 1.49. The van der Waals surface area contributed by atoms with E-state index >= 15 is 9.59 Å². The maximum absolute atomic E-state index is 15.2. The van der Waals surface area contributed by atoms with Gasteiger partial charge in [0.1, 0.15) is 0 Å². The molecule has 0 spiro atoms. The molecular formula is C41H35NO7S. The molecule has 50 heavy (non-hydrogen) atoms. The van der Waals surface area contributed by atoms with E-state index in [0.717, 1.165) is 10.5 Å². The van der Waals surface area contributed by atoms with Gasteiger partial charge in [0, 0.05) is 22.3 Å². The molecule has 0 unspecified atom stereocenters. The van der Waals surface area contributed by atoms with Crippen molar-refractivity contribution >= 4 is 40.3 Å². The molecule has 8 rings (SSSR count). The average Bonchev–Trinajstić information content (AvgIpc) is 3.75. The number of rotatable bonds is 7. The number of carbonyl (C=O) groups is 4. The lowest BCUT2D eigenvalue weighted by atomic mass is 9.44. The normalized spacial score (nSPS) is 27.2. The van der Waals surface area contributed by atoms with Crippen LogP contribution in [0.2, 0.25) is 0 Å². The van der Waals surface area contributed by atoms with E-state index in [1.165, 1.54) is 36.5 Å². The van der Waals surface area contributed by atoms with Gasteiger partial charge in [-0.15, -0.1) is 11.3 Å². The van der Waals surface area contributed by atoms with Gasteiger partial charge in [-0.1, -0.05) is 78.4 Å². The molecule has 1 N–H and O–H groups in total. The minimum Gasteiger partial charge on any atom is -0.502 e. The Kier molecular flexibility index (Phi) is 7.83. The number of fused-ring (bicyclic) bond motifs is 4. The van der Waals surface area contributed by atoms with Gasteiger partial charge in [0.2, 0.25) is 17.6 Å². The van der Waals surface area contributed by atoms with Crippen LogP contribution in [0.25, 0.3) is 5.57 Å². The summed E-state index contributed by atoms with van der Waals surface area (Å²) in [7, 11) is 2.88. The molecule has 252 valence electrons. The fourth-order valence-electron chi connectivity index (χ4n) is 9.11.